The number of benzene rings is 1. The van der Waals surface area contributed by atoms with Gasteiger partial charge in [0.25, 0.3) is 0 Å². The van der Waals surface area contributed by atoms with Crippen molar-refractivity contribution in [3.63, 3.8) is 0 Å². The largest absolute Gasteiger partial charge is 0.391 e. The quantitative estimate of drug-likeness (QED) is 0.448. The maximum Gasteiger partial charge on any atom is 0.136 e. The van der Waals surface area contributed by atoms with Gasteiger partial charge in [0.1, 0.15) is 6.61 Å². The van der Waals surface area contributed by atoms with Crippen LogP contribution in [0.3, 0.4) is 0 Å². The normalized spacial score (nSPS) is 12.2. The van der Waals surface area contributed by atoms with Crippen molar-refractivity contribution in [1.82, 2.24) is 0 Å². The molecular formula is C14H18ClNO. The molecule has 1 aromatic rings. The molecule has 1 aromatic carbocycles. The predicted octanol–water partition coefficient (Wildman–Crippen LogP) is 4.10. The molecule has 2 nitrogen and oxygen atoms in total. The lowest BCUT2D eigenvalue weighted by molar-refractivity contribution is 0.175. The minimum Gasteiger partial charge on any atom is -0.391 e. The van der Waals surface area contributed by atoms with Gasteiger partial charge >= 0.3 is 0 Å². The van der Waals surface area contributed by atoms with Gasteiger partial charge < -0.3 is 4.84 Å². The summed E-state index contributed by atoms with van der Waals surface area (Å²) in [5.41, 5.74) is 7.21. The molecule has 17 heavy (non-hydrogen) atoms. The summed E-state index contributed by atoms with van der Waals surface area (Å²) in [5.74, 6) is 0. The first-order valence-corrected chi connectivity index (χ1v) is 6.00. The third-order valence-electron chi connectivity index (χ3n) is 2.69. The third-order valence-corrected chi connectivity index (χ3v) is 2.87. The van der Waals surface area contributed by atoms with E-state index >= 15 is 0 Å². The number of oxime groups is 1. The first-order valence-electron chi connectivity index (χ1n) is 5.56. The molecular weight excluding hydrogens is 234 g/mol. The van der Waals surface area contributed by atoms with Crippen LogP contribution >= 0.6 is 11.6 Å². The highest BCUT2D eigenvalue weighted by Crippen LogP contribution is 2.16. The van der Waals surface area contributed by atoms with Crippen molar-refractivity contribution in [3.05, 3.63) is 46.0 Å². The van der Waals surface area contributed by atoms with E-state index in [2.05, 4.69) is 38.1 Å². The lowest BCUT2D eigenvalue weighted by Crippen LogP contribution is -2.01. The van der Waals surface area contributed by atoms with Crippen LogP contribution in [-0.2, 0) is 4.84 Å². The summed E-state index contributed by atoms with van der Waals surface area (Å²) < 4.78 is 0. The van der Waals surface area contributed by atoms with E-state index in [9.17, 15) is 0 Å². The van der Waals surface area contributed by atoms with Gasteiger partial charge in [0, 0.05) is 11.1 Å². The second-order valence-electron chi connectivity index (χ2n) is 4.09. The van der Waals surface area contributed by atoms with Crippen molar-refractivity contribution in [3.8, 4) is 0 Å². The molecule has 0 atom stereocenters. The minimum absolute atomic E-state index is 0.394. The fourth-order valence-electron chi connectivity index (χ4n) is 1.61. The van der Waals surface area contributed by atoms with E-state index in [0.717, 1.165) is 11.3 Å². The molecule has 0 aliphatic rings. The Kier molecular flexibility index (Phi) is 5.23. The van der Waals surface area contributed by atoms with E-state index in [1.54, 1.807) is 6.08 Å². The number of aryl methyl sites for hydroxylation is 3. The summed E-state index contributed by atoms with van der Waals surface area (Å²) >= 11 is 5.39. The Balaban J connectivity index is 2.88. The maximum atomic E-state index is 5.39. The highest BCUT2D eigenvalue weighted by atomic mass is 35.5. The average molecular weight is 252 g/mol. The van der Waals surface area contributed by atoms with Crippen molar-refractivity contribution in [2.45, 2.75) is 27.7 Å². The topological polar surface area (TPSA) is 21.6 Å². The molecule has 0 aliphatic carbocycles. The molecule has 92 valence electrons. The molecule has 0 saturated heterocycles. The Morgan fingerprint density at radius 3 is 2.53 bits per heavy atom. The van der Waals surface area contributed by atoms with Gasteiger partial charge in [0.15, 0.2) is 0 Å². The van der Waals surface area contributed by atoms with Crippen LogP contribution in [0.4, 0.5) is 0 Å². The third kappa shape index (κ3) is 3.90. The highest BCUT2D eigenvalue weighted by molar-refractivity contribution is 6.25. The Labute approximate surface area is 108 Å². The number of hydrogen-bond acceptors (Lipinski definition) is 2. The lowest BCUT2D eigenvalue weighted by atomic mass is 9.98. The number of rotatable bonds is 4. The van der Waals surface area contributed by atoms with Gasteiger partial charge in [-0.05, 0) is 56.5 Å². The van der Waals surface area contributed by atoms with E-state index in [0.29, 0.717) is 6.61 Å². The standard InChI is InChI=1S/C14H18ClNO/c1-10-8-12(3)14(9-11(10)2)13(4)16-17-7-5-6-15/h5-6,8-9H,7H2,1-4H3/b6-5-,16-13+. The number of halogens is 1. The van der Waals surface area contributed by atoms with Gasteiger partial charge in [-0.1, -0.05) is 22.8 Å². The SMILES string of the molecule is C/C(=N\OC/C=C\Cl)c1cc(C)c(C)cc1C. The monoisotopic (exact) mass is 251 g/mol. The molecule has 0 radical (unpaired) electrons. The Bertz CT molecular complexity index is 450. The highest BCUT2D eigenvalue weighted by Gasteiger charge is 2.05. The Hall–Kier alpha value is -1.28. The summed E-state index contributed by atoms with van der Waals surface area (Å²) in [7, 11) is 0. The first-order chi connectivity index (χ1) is 8.06. The summed E-state index contributed by atoms with van der Waals surface area (Å²) in [6.07, 6.45) is 1.70. The van der Waals surface area contributed by atoms with Crippen LogP contribution in [0.25, 0.3) is 0 Å². The van der Waals surface area contributed by atoms with Gasteiger partial charge in [-0.15, -0.1) is 0 Å². The Morgan fingerprint density at radius 1 is 1.24 bits per heavy atom. The zero-order valence-corrected chi connectivity index (χ0v) is 11.5. The van der Waals surface area contributed by atoms with E-state index in [4.69, 9.17) is 16.4 Å². The van der Waals surface area contributed by atoms with Crippen molar-refractivity contribution < 1.29 is 4.84 Å². The van der Waals surface area contributed by atoms with Gasteiger partial charge in [-0.2, -0.15) is 0 Å². The predicted molar refractivity (Wildman–Crippen MR) is 73.8 cm³/mol. The second-order valence-corrected chi connectivity index (χ2v) is 4.34. The van der Waals surface area contributed by atoms with E-state index in [1.165, 1.54) is 22.2 Å². The van der Waals surface area contributed by atoms with Gasteiger partial charge in [0.2, 0.25) is 0 Å². The van der Waals surface area contributed by atoms with Gasteiger partial charge in [-0.25, -0.2) is 0 Å². The van der Waals surface area contributed by atoms with E-state index < -0.39 is 0 Å². The molecule has 0 aliphatic heterocycles. The van der Waals surface area contributed by atoms with Crippen molar-refractivity contribution in [2.75, 3.05) is 6.61 Å². The molecule has 0 bridgehead atoms. The van der Waals surface area contributed by atoms with E-state index in [-0.39, 0.29) is 0 Å². The van der Waals surface area contributed by atoms with Gasteiger partial charge in [-0.3, -0.25) is 0 Å². The molecule has 0 N–H and O–H groups in total. The van der Waals surface area contributed by atoms with Crippen LogP contribution < -0.4 is 0 Å². The van der Waals surface area contributed by atoms with Crippen LogP contribution in [0.1, 0.15) is 29.2 Å². The van der Waals surface area contributed by atoms with Crippen molar-refractivity contribution >= 4 is 17.3 Å². The molecule has 0 amide bonds. The molecule has 0 fully saturated rings. The molecule has 0 saturated carbocycles. The minimum atomic E-state index is 0.394. The summed E-state index contributed by atoms with van der Waals surface area (Å²) in [5, 5.41) is 4.07. The van der Waals surface area contributed by atoms with Crippen molar-refractivity contribution in [1.29, 1.82) is 0 Å². The molecule has 0 spiro atoms. The van der Waals surface area contributed by atoms with Crippen LogP contribution in [0.5, 0.6) is 0 Å². The van der Waals surface area contributed by atoms with Crippen LogP contribution in [0.15, 0.2) is 28.9 Å². The number of hydrogen-bond donors (Lipinski definition) is 0. The average Bonchev–Trinajstić information content (AvgIpc) is 2.29. The first kappa shape index (κ1) is 13.8. The maximum absolute atomic E-state index is 5.39. The Morgan fingerprint density at radius 2 is 1.88 bits per heavy atom. The van der Waals surface area contributed by atoms with E-state index in [1.807, 2.05) is 6.92 Å². The molecule has 0 aromatic heterocycles. The van der Waals surface area contributed by atoms with Crippen molar-refractivity contribution in [2.24, 2.45) is 5.16 Å². The summed E-state index contributed by atoms with van der Waals surface area (Å²) in [6, 6.07) is 4.31. The summed E-state index contributed by atoms with van der Waals surface area (Å²) in [4.78, 5) is 5.13. The van der Waals surface area contributed by atoms with Gasteiger partial charge in [0.05, 0.1) is 5.71 Å². The zero-order chi connectivity index (χ0) is 12.8. The molecule has 0 unspecified atom stereocenters. The number of nitrogens with zero attached hydrogens (tertiary/aromatic N) is 1. The fourth-order valence-corrected chi connectivity index (χ4v) is 1.69. The molecule has 3 heteroatoms. The molecule has 0 heterocycles. The molecule has 1 rings (SSSR count). The lowest BCUT2D eigenvalue weighted by Gasteiger charge is -2.09. The van der Waals surface area contributed by atoms with Crippen LogP contribution in [0, 0.1) is 20.8 Å². The smallest absolute Gasteiger partial charge is 0.136 e. The van der Waals surface area contributed by atoms with Crippen LogP contribution in [0.2, 0.25) is 0 Å². The van der Waals surface area contributed by atoms with Crippen LogP contribution in [-0.4, -0.2) is 12.3 Å². The summed E-state index contributed by atoms with van der Waals surface area (Å²) in [6.45, 7) is 8.63. The fraction of sp³-hybridized carbons (Fsp3) is 0.357. The second kappa shape index (κ2) is 6.45. The zero-order valence-electron chi connectivity index (χ0n) is 10.7.